The van der Waals surface area contributed by atoms with E-state index in [9.17, 15) is 9.59 Å². The third kappa shape index (κ3) is 3.81. The van der Waals surface area contributed by atoms with Gasteiger partial charge in [-0.1, -0.05) is 6.92 Å². The zero-order valence-electron chi connectivity index (χ0n) is 12.5. The normalized spacial score (nSPS) is 21.0. The van der Waals surface area contributed by atoms with E-state index in [1.165, 1.54) is 0 Å². The van der Waals surface area contributed by atoms with Gasteiger partial charge in [0.25, 0.3) is 0 Å². The molecule has 1 aliphatic rings. The molecule has 0 saturated carbocycles. The minimum atomic E-state index is -0.966. The molecule has 2 atom stereocenters. The van der Waals surface area contributed by atoms with Gasteiger partial charge in [0.1, 0.15) is 6.04 Å². The second-order valence-corrected chi connectivity index (χ2v) is 5.42. The minimum absolute atomic E-state index is 0.183. The van der Waals surface area contributed by atoms with Gasteiger partial charge in [0.05, 0.1) is 12.1 Å². The topological polar surface area (TPSA) is 87.5 Å². The molecule has 1 aromatic heterocycles. The van der Waals surface area contributed by atoms with Gasteiger partial charge < -0.3 is 10.4 Å². The van der Waals surface area contributed by atoms with E-state index in [2.05, 4.69) is 24.3 Å². The number of carbonyl (C=O) groups is 2. The van der Waals surface area contributed by atoms with Crippen molar-refractivity contribution in [1.82, 2.24) is 20.0 Å². The summed E-state index contributed by atoms with van der Waals surface area (Å²) in [5.74, 6) is -1.18. The molecule has 116 valence electrons. The number of carboxylic acids is 1. The molecule has 0 bridgehead atoms. The summed E-state index contributed by atoms with van der Waals surface area (Å²) in [7, 11) is 0. The third-order valence-corrected chi connectivity index (χ3v) is 3.88. The van der Waals surface area contributed by atoms with Gasteiger partial charge in [-0.25, -0.2) is 0 Å². The highest BCUT2D eigenvalue weighted by Crippen LogP contribution is 2.15. The Morgan fingerprint density at radius 3 is 3.05 bits per heavy atom. The van der Waals surface area contributed by atoms with Crippen molar-refractivity contribution in [1.29, 1.82) is 0 Å². The number of piperazine rings is 1. The zero-order valence-corrected chi connectivity index (χ0v) is 12.5. The van der Waals surface area contributed by atoms with Crippen molar-refractivity contribution < 1.29 is 14.7 Å². The number of nitrogens with zero attached hydrogens (tertiary/aromatic N) is 3. The SMILES string of the molecule is CCC(C)n1ccc(CN2CCNC(=O)C2CC(=O)O)n1. The van der Waals surface area contributed by atoms with Crippen molar-refractivity contribution in [3.63, 3.8) is 0 Å². The van der Waals surface area contributed by atoms with Gasteiger partial charge >= 0.3 is 5.97 Å². The van der Waals surface area contributed by atoms with E-state index in [1.54, 1.807) is 0 Å². The number of amides is 1. The molecule has 21 heavy (non-hydrogen) atoms. The van der Waals surface area contributed by atoms with Crippen LogP contribution >= 0.6 is 0 Å². The maximum absolute atomic E-state index is 11.8. The van der Waals surface area contributed by atoms with E-state index in [0.29, 0.717) is 25.7 Å². The van der Waals surface area contributed by atoms with E-state index in [1.807, 2.05) is 21.8 Å². The molecule has 2 unspecified atom stereocenters. The summed E-state index contributed by atoms with van der Waals surface area (Å²) in [6, 6.07) is 1.64. The summed E-state index contributed by atoms with van der Waals surface area (Å²) in [6.45, 7) is 5.87. The van der Waals surface area contributed by atoms with Crippen molar-refractivity contribution in [3.05, 3.63) is 18.0 Å². The number of nitrogens with one attached hydrogen (secondary N) is 1. The summed E-state index contributed by atoms with van der Waals surface area (Å²) >= 11 is 0. The Hall–Kier alpha value is -1.89. The number of carbonyl (C=O) groups excluding carboxylic acids is 1. The van der Waals surface area contributed by atoms with Crippen LogP contribution in [0.2, 0.25) is 0 Å². The first-order valence-corrected chi connectivity index (χ1v) is 7.28. The summed E-state index contributed by atoms with van der Waals surface area (Å²) in [6.07, 6.45) is 2.74. The minimum Gasteiger partial charge on any atom is -0.481 e. The highest BCUT2D eigenvalue weighted by molar-refractivity contribution is 5.86. The van der Waals surface area contributed by atoms with Crippen molar-refractivity contribution in [2.45, 2.75) is 45.3 Å². The van der Waals surface area contributed by atoms with E-state index >= 15 is 0 Å². The van der Waals surface area contributed by atoms with Crippen LogP contribution in [-0.4, -0.2) is 50.8 Å². The van der Waals surface area contributed by atoms with Crippen LogP contribution in [0.1, 0.15) is 38.4 Å². The molecule has 2 heterocycles. The molecule has 2 N–H and O–H groups in total. The number of aromatic nitrogens is 2. The van der Waals surface area contributed by atoms with Crippen LogP contribution in [0.25, 0.3) is 0 Å². The number of aliphatic carboxylic acids is 1. The first kappa shape index (κ1) is 15.5. The van der Waals surface area contributed by atoms with Crippen molar-refractivity contribution >= 4 is 11.9 Å². The van der Waals surface area contributed by atoms with Crippen LogP contribution in [0.5, 0.6) is 0 Å². The molecular formula is C14H22N4O3. The molecule has 1 aromatic rings. The average Bonchev–Trinajstić information content (AvgIpc) is 2.90. The lowest BCUT2D eigenvalue weighted by Crippen LogP contribution is -2.55. The molecule has 7 nitrogen and oxygen atoms in total. The van der Waals surface area contributed by atoms with E-state index in [4.69, 9.17) is 5.11 Å². The van der Waals surface area contributed by atoms with E-state index in [0.717, 1.165) is 12.1 Å². The molecule has 0 aliphatic carbocycles. The van der Waals surface area contributed by atoms with Crippen LogP contribution in [0.4, 0.5) is 0 Å². The summed E-state index contributed by atoms with van der Waals surface area (Å²) in [4.78, 5) is 24.7. The Balaban J connectivity index is 2.06. The highest BCUT2D eigenvalue weighted by atomic mass is 16.4. The predicted octanol–water partition coefficient (Wildman–Crippen LogP) is 0.629. The summed E-state index contributed by atoms with van der Waals surface area (Å²) < 4.78 is 1.91. The van der Waals surface area contributed by atoms with E-state index < -0.39 is 12.0 Å². The molecule has 1 aliphatic heterocycles. The number of carboxylic acid groups (broad SMARTS) is 1. The largest absolute Gasteiger partial charge is 0.481 e. The van der Waals surface area contributed by atoms with E-state index in [-0.39, 0.29) is 12.3 Å². The Kier molecular flexibility index (Phi) is 4.95. The molecule has 0 spiro atoms. The fraction of sp³-hybridized carbons (Fsp3) is 0.643. The van der Waals surface area contributed by atoms with Crippen LogP contribution in [0.15, 0.2) is 12.3 Å². The molecular weight excluding hydrogens is 272 g/mol. The van der Waals surface area contributed by atoms with Gasteiger partial charge in [-0.15, -0.1) is 0 Å². The number of hydrogen-bond acceptors (Lipinski definition) is 4. The second kappa shape index (κ2) is 6.71. The number of hydrogen-bond donors (Lipinski definition) is 2. The molecule has 7 heteroatoms. The maximum Gasteiger partial charge on any atom is 0.305 e. The first-order valence-electron chi connectivity index (χ1n) is 7.28. The third-order valence-electron chi connectivity index (χ3n) is 3.88. The van der Waals surface area contributed by atoms with Gasteiger partial charge in [0, 0.05) is 31.9 Å². The standard InChI is InChI=1S/C14H22N4O3/c1-3-10(2)18-6-4-11(16-18)9-17-7-5-15-14(21)12(17)8-13(19)20/h4,6,10,12H,3,5,7-9H2,1-2H3,(H,15,21)(H,19,20). The summed E-state index contributed by atoms with van der Waals surface area (Å²) in [5.41, 5.74) is 0.861. The quantitative estimate of drug-likeness (QED) is 0.803. The fourth-order valence-electron chi connectivity index (χ4n) is 2.44. The molecule has 1 amide bonds. The van der Waals surface area contributed by atoms with Crippen molar-refractivity contribution in [3.8, 4) is 0 Å². The fourth-order valence-corrected chi connectivity index (χ4v) is 2.44. The second-order valence-electron chi connectivity index (χ2n) is 5.42. The summed E-state index contributed by atoms with van der Waals surface area (Å²) in [5, 5.41) is 16.2. The smallest absolute Gasteiger partial charge is 0.305 e. The van der Waals surface area contributed by atoms with Crippen LogP contribution in [-0.2, 0) is 16.1 Å². The number of rotatable bonds is 6. The lowest BCUT2D eigenvalue weighted by Gasteiger charge is -2.33. The molecule has 0 radical (unpaired) electrons. The Labute approximate surface area is 123 Å². The van der Waals surface area contributed by atoms with Gasteiger partial charge in [0.2, 0.25) is 5.91 Å². The highest BCUT2D eigenvalue weighted by Gasteiger charge is 2.31. The van der Waals surface area contributed by atoms with Gasteiger partial charge in [0.15, 0.2) is 0 Å². The van der Waals surface area contributed by atoms with Gasteiger partial charge in [-0.05, 0) is 19.4 Å². The Bertz CT molecular complexity index is 514. The Morgan fingerprint density at radius 1 is 1.62 bits per heavy atom. The van der Waals surface area contributed by atoms with Crippen molar-refractivity contribution in [2.24, 2.45) is 0 Å². The van der Waals surface area contributed by atoms with Crippen LogP contribution in [0.3, 0.4) is 0 Å². The molecule has 0 aromatic carbocycles. The average molecular weight is 294 g/mol. The van der Waals surface area contributed by atoms with Crippen LogP contribution < -0.4 is 5.32 Å². The Morgan fingerprint density at radius 2 is 2.38 bits per heavy atom. The lowest BCUT2D eigenvalue weighted by atomic mass is 10.1. The lowest BCUT2D eigenvalue weighted by molar-refractivity contribution is -0.143. The zero-order chi connectivity index (χ0) is 15.4. The monoisotopic (exact) mass is 294 g/mol. The maximum atomic E-state index is 11.8. The van der Waals surface area contributed by atoms with Crippen molar-refractivity contribution in [2.75, 3.05) is 13.1 Å². The first-order chi connectivity index (χ1) is 10.0. The van der Waals surface area contributed by atoms with Gasteiger partial charge in [-0.2, -0.15) is 5.10 Å². The van der Waals surface area contributed by atoms with Crippen LogP contribution in [0, 0.1) is 0 Å². The molecule has 1 fully saturated rings. The molecule has 2 rings (SSSR count). The molecule has 1 saturated heterocycles. The predicted molar refractivity (Wildman–Crippen MR) is 76.7 cm³/mol. The van der Waals surface area contributed by atoms with Gasteiger partial charge in [-0.3, -0.25) is 19.2 Å².